The van der Waals surface area contributed by atoms with Crippen molar-refractivity contribution in [3.05, 3.63) is 20.3 Å². The van der Waals surface area contributed by atoms with Crippen molar-refractivity contribution in [3.63, 3.8) is 0 Å². The first-order valence-electron chi connectivity index (χ1n) is 3.85. The van der Waals surface area contributed by atoms with Crippen LogP contribution in [0.2, 0.25) is 0 Å². The zero-order valence-corrected chi connectivity index (χ0v) is 10.1. The molecule has 0 bridgehead atoms. The van der Waals surface area contributed by atoms with E-state index >= 15 is 0 Å². The van der Waals surface area contributed by atoms with Crippen LogP contribution < -0.4 is 0 Å². The maximum absolute atomic E-state index is 10.9. The highest BCUT2D eigenvalue weighted by Gasteiger charge is 2.25. The summed E-state index contributed by atoms with van der Waals surface area (Å²) in [7, 11) is 0. The summed E-state index contributed by atoms with van der Waals surface area (Å²) in [4.78, 5) is 10.9. The van der Waals surface area contributed by atoms with Crippen LogP contribution >= 0.6 is 27.3 Å². The van der Waals surface area contributed by atoms with Gasteiger partial charge in [0, 0.05) is 0 Å². The molecule has 0 saturated heterocycles. The van der Waals surface area contributed by atoms with Crippen LogP contribution in [0.25, 0.3) is 0 Å². The fourth-order valence-electron chi connectivity index (χ4n) is 1.09. The normalized spacial score (nSPS) is 11.7. The van der Waals surface area contributed by atoms with Crippen LogP contribution in [-0.4, -0.2) is 11.1 Å². The molecule has 0 saturated carbocycles. The monoisotopic (exact) mass is 262 g/mol. The lowest BCUT2D eigenvalue weighted by Gasteiger charge is -2.17. The van der Waals surface area contributed by atoms with Crippen molar-refractivity contribution >= 4 is 33.2 Å². The van der Waals surface area contributed by atoms with Gasteiger partial charge in [-0.3, -0.25) is 0 Å². The Hall–Kier alpha value is -0.350. The lowest BCUT2D eigenvalue weighted by molar-refractivity contribution is 0.0694. The average Bonchev–Trinajstić information content (AvgIpc) is 2.28. The van der Waals surface area contributed by atoms with Gasteiger partial charge in [-0.25, -0.2) is 4.79 Å². The maximum atomic E-state index is 10.9. The molecule has 72 valence electrons. The van der Waals surface area contributed by atoms with Crippen molar-refractivity contribution in [1.82, 2.24) is 0 Å². The molecule has 13 heavy (non-hydrogen) atoms. The summed E-state index contributed by atoms with van der Waals surface area (Å²) in [6.07, 6.45) is 0. The second-order valence-corrected chi connectivity index (χ2v) is 6.05. The summed E-state index contributed by atoms with van der Waals surface area (Å²) in [6.45, 7) is 6.02. The number of carbonyl (C=O) groups is 1. The molecule has 1 aromatic heterocycles. The van der Waals surface area contributed by atoms with Gasteiger partial charge in [-0.15, -0.1) is 11.3 Å². The van der Waals surface area contributed by atoms with E-state index in [0.29, 0.717) is 9.35 Å². The van der Waals surface area contributed by atoms with E-state index < -0.39 is 5.97 Å². The Bertz CT molecular complexity index is 336. The van der Waals surface area contributed by atoms with Crippen molar-refractivity contribution < 1.29 is 9.90 Å². The van der Waals surface area contributed by atoms with Gasteiger partial charge in [0.25, 0.3) is 0 Å². The van der Waals surface area contributed by atoms with E-state index in [2.05, 4.69) is 15.9 Å². The van der Waals surface area contributed by atoms with Crippen molar-refractivity contribution in [1.29, 1.82) is 0 Å². The van der Waals surface area contributed by atoms with E-state index in [-0.39, 0.29) is 5.41 Å². The number of carboxylic acids is 1. The van der Waals surface area contributed by atoms with Gasteiger partial charge in [0.1, 0.15) is 0 Å². The van der Waals surface area contributed by atoms with Crippen LogP contribution in [0.5, 0.6) is 0 Å². The molecule has 0 fully saturated rings. The van der Waals surface area contributed by atoms with E-state index in [1.807, 2.05) is 26.2 Å². The Kier molecular flexibility index (Phi) is 2.82. The lowest BCUT2D eigenvalue weighted by Crippen LogP contribution is -2.14. The summed E-state index contributed by atoms with van der Waals surface area (Å²) in [5.41, 5.74) is 1.17. The summed E-state index contributed by atoms with van der Waals surface area (Å²) in [5, 5.41) is 10.9. The molecule has 0 atom stereocenters. The predicted molar refractivity (Wildman–Crippen MR) is 57.7 cm³/mol. The van der Waals surface area contributed by atoms with Gasteiger partial charge in [-0.1, -0.05) is 20.8 Å². The van der Waals surface area contributed by atoms with Crippen LogP contribution in [0.1, 0.15) is 36.7 Å². The molecule has 2 nitrogen and oxygen atoms in total. The minimum Gasteiger partial charge on any atom is -0.478 e. The van der Waals surface area contributed by atoms with Crippen molar-refractivity contribution in [2.75, 3.05) is 0 Å². The number of rotatable bonds is 1. The maximum Gasteiger partial charge on any atom is 0.338 e. The van der Waals surface area contributed by atoms with Gasteiger partial charge in [0.15, 0.2) is 0 Å². The van der Waals surface area contributed by atoms with Crippen molar-refractivity contribution in [2.45, 2.75) is 26.2 Å². The molecule has 0 aliphatic heterocycles. The predicted octanol–water partition coefficient (Wildman–Crippen LogP) is 3.51. The molecule has 0 spiro atoms. The molecule has 0 aromatic carbocycles. The molecule has 1 rings (SSSR count). The fraction of sp³-hybridized carbons (Fsp3) is 0.444. The van der Waals surface area contributed by atoms with Gasteiger partial charge in [-0.2, -0.15) is 0 Å². The van der Waals surface area contributed by atoms with Crippen LogP contribution in [0.4, 0.5) is 0 Å². The zero-order chi connectivity index (χ0) is 10.2. The minimum absolute atomic E-state index is 0.115. The topological polar surface area (TPSA) is 37.3 Å². The number of halogens is 1. The quantitative estimate of drug-likeness (QED) is 0.841. The van der Waals surface area contributed by atoms with Gasteiger partial charge in [-0.05, 0) is 32.3 Å². The Morgan fingerprint density at radius 2 is 2.08 bits per heavy atom. The molecule has 0 amide bonds. The standard InChI is InChI=1S/C9H11BrO2S/c1-9(2,3)5-4-13-7(10)6(5)8(11)12/h4H,1-3H3,(H,11,12). The first-order valence-corrected chi connectivity index (χ1v) is 5.52. The van der Waals surface area contributed by atoms with Gasteiger partial charge >= 0.3 is 5.97 Å². The van der Waals surface area contributed by atoms with Crippen LogP contribution in [0.3, 0.4) is 0 Å². The van der Waals surface area contributed by atoms with Crippen molar-refractivity contribution in [2.24, 2.45) is 0 Å². The first kappa shape index (κ1) is 10.7. The lowest BCUT2D eigenvalue weighted by atomic mass is 9.86. The summed E-state index contributed by atoms with van der Waals surface area (Å²) in [6, 6.07) is 0. The summed E-state index contributed by atoms with van der Waals surface area (Å²) >= 11 is 4.67. The molecule has 1 heterocycles. The molecule has 0 aliphatic rings. The van der Waals surface area contributed by atoms with Gasteiger partial charge in [0.05, 0.1) is 9.35 Å². The first-order chi connectivity index (χ1) is 5.84. The number of thiophene rings is 1. The van der Waals surface area contributed by atoms with E-state index in [4.69, 9.17) is 5.11 Å². The fourth-order valence-corrected chi connectivity index (χ4v) is 2.76. The smallest absolute Gasteiger partial charge is 0.338 e. The van der Waals surface area contributed by atoms with Crippen LogP contribution in [0.15, 0.2) is 9.17 Å². The largest absolute Gasteiger partial charge is 0.478 e. The van der Waals surface area contributed by atoms with E-state index in [0.717, 1.165) is 5.56 Å². The third-order valence-electron chi connectivity index (χ3n) is 1.77. The Labute approximate surface area is 89.7 Å². The SMILES string of the molecule is CC(C)(C)c1csc(Br)c1C(=O)O. The highest BCUT2D eigenvalue weighted by atomic mass is 79.9. The summed E-state index contributed by atoms with van der Waals surface area (Å²) in [5.74, 6) is -0.863. The second-order valence-electron chi connectivity index (χ2n) is 3.85. The molecular formula is C9H11BrO2S. The third kappa shape index (κ3) is 2.11. The number of carboxylic acid groups (broad SMARTS) is 1. The van der Waals surface area contributed by atoms with Gasteiger partial charge in [0.2, 0.25) is 0 Å². The molecule has 4 heteroatoms. The number of hydrogen-bond acceptors (Lipinski definition) is 2. The molecule has 0 unspecified atom stereocenters. The van der Waals surface area contributed by atoms with Crippen molar-refractivity contribution in [3.8, 4) is 0 Å². The Morgan fingerprint density at radius 1 is 1.54 bits per heavy atom. The van der Waals surface area contributed by atoms with E-state index in [1.165, 1.54) is 11.3 Å². The third-order valence-corrected chi connectivity index (χ3v) is 3.49. The summed E-state index contributed by atoms with van der Waals surface area (Å²) < 4.78 is 0.699. The molecule has 0 aliphatic carbocycles. The van der Waals surface area contributed by atoms with Crippen LogP contribution in [-0.2, 0) is 5.41 Å². The Balaban J connectivity index is 3.31. The molecular weight excluding hydrogens is 252 g/mol. The molecule has 1 aromatic rings. The molecule has 1 N–H and O–H groups in total. The number of aromatic carboxylic acids is 1. The zero-order valence-electron chi connectivity index (χ0n) is 7.72. The van der Waals surface area contributed by atoms with E-state index in [9.17, 15) is 4.79 Å². The minimum atomic E-state index is -0.863. The Morgan fingerprint density at radius 3 is 2.38 bits per heavy atom. The second kappa shape index (κ2) is 3.42. The van der Waals surface area contributed by atoms with Gasteiger partial charge < -0.3 is 5.11 Å². The average molecular weight is 263 g/mol. The number of hydrogen-bond donors (Lipinski definition) is 1. The highest BCUT2D eigenvalue weighted by Crippen LogP contribution is 2.35. The highest BCUT2D eigenvalue weighted by molar-refractivity contribution is 9.11. The van der Waals surface area contributed by atoms with E-state index in [1.54, 1.807) is 0 Å². The van der Waals surface area contributed by atoms with Crippen LogP contribution in [0, 0.1) is 0 Å². The molecule has 0 radical (unpaired) electrons.